The van der Waals surface area contributed by atoms with Gasteiger partial charge in [0.15, 0.2) is 0 Å². The van der Waals surface area contributed by atoms with Crippen molar-refractivity contribution in [1.82, 2.24) is 0 Å². The number of benzene rings is 1. The summed E-state index contributed by atoms with van der Waals surface area (Å²) in [7, 11) is 0. The molecule has 0 aliphatic rings. The fraction of sp³-hybridized carbons (Fsp3) is 0.333. The van der Waals surface area contributed by atoms with Gasteiger partial charge in [-0.25, -0.2) is 0 Å². The van der Waals surface area contributed by atoms with E-state index in [-0.39, 0.29) is 13.1 Å². The molecule has 0 saturated heterocycles. The Balaban J connectivity index is 3.11. The second-order valence-electron chi connectivity index (χ2n) is 4.02. The lowest BCUT2D eigenvalue weighted by molar-refractivity contribution is -0.117. The highest BCUT2D eigenvalue weighted by molar-refractivity contribution is 5.85. The first-order chi connectivity index (χ1) is 8.41. The first-order valence-electron chi connectivity index (χ1n) is 5.50. The lowest BCUT2D eigenvalue weighted by Gasteiger charge is -2.25. The number of rotatable bonds is 6. The van der Waals surface area contributed by atoms with Crippen molar-refractivity contribution in [2.75, 3.05) is 18.0 Å². The van der Waals surface area contributed by atoms with Crippen molar-refractivity contribution < 1.29 is 14.7 Å². The standard InChI is InChI=1S/C12H17N3O3/c1-8(16)9-4-2-3-5-10(9)15(6-11(13)17)7-12(14)18/h2-5,8,16H,6-7H2,1H3,(H2,13,17)(H2,14,18)/t8-/m0/s1. The quantitative estimate of drug-likeness (QED) is 0.634. The first-order valence-corrected chi connectivity index (χ1v) is 5.50. The van der Waals surface area contributed by atoms with Gasteiger partial charge < -0.3 is 21.5 Å². The molecular formula is C12H17N3O3. The van der Waals surface area contributed by atoms with Crippen LogP contribution in [-0.4, -0.2) is 30.0 Å². The van der Waals surface area contributed by atoms with Crippen molar-refractivity contribution in [2.45, 2.75) is 13.0 Å². The minimum absolute atomic E-state index is 0.132. The predicted octanol–water partition coefficient (Wildman–Crippen LogP) is -0.483. The Kier molecular flexibility index (Phi) is 4.67. The van der Waals surface area contributed by atoms with Crippen LogP contribution in [0.3, 0.4) is 0 Å². The van der Waals surface area contributed by atoms with Gasteiger partial charge in [0.1, 0.15) is 0 Å². The predicted molar refractivity (Wildman–Crippen MR) is 67.7 cm³/mol. The molecular weight excluding hydrogens is 234 g/mol. The zero-order valence-electron chi connectivity index (χ0n) is 10.2. The highest BCUT2D eigenvalue weighted by Gasteiger charge is 2.17. The van der Waals surface area contributed by atoms with Crippen LogP contribution in [0.5, 0.6) is 0 Å². The fourth-order valence-corrected chi connectivity index (χ4v) is 1.73. The Labute approximate surface area is 105 Å². The summed E-state index contributed by atoms with van der Waals surface area (Å²) in [6.45, 7) is 1.34. The lowest BCUT2D eigenvalue weighted by Crippen LogP contribution is -2.40. The molecule has 98 valence electrons. The molecule has 18 heavy (non-hydrogen) atoms. The normalized spacial score (nSPS) is 11.9. The maximum Gasteiger partial charge on any atom is 0.236 e. The SMILES string of the molecule is C[C@H](O)c1ccccc1N(CC(N)=O)CC(N)=O. The van der Waals surface area contributed by atoms with Crippen LogP contribution in [0.25, 0.3) is 0 Å². The number of nitrogens with zero attached hydrogens (tertiary/aromatic N) is 1. The lowest BCUT2D eigenvalue weighted by atomic mass is 10.1. The summed E-state index contributed by atoms with van der Waals surface area (Å²) >= 11 is 0. The topological polar surface area (TPSA) is 110 Å². The molecule has 0 aliphatic heterocycles. The molecule has 1 rings (SSSR count). The molecule has 6 nitrogen and oxygen atoms in total. The second-order valence-corrected chi connectivity index (χ2v) is 4.02. The highest BCUT2D eigenvalue weighted by atomic mass is 16.3. The third kappa shape index (κ3) is 3.74. The summed E-state index contributed by atoms with van der Waals surface area (Å²) < 4.78 is 0. The second kappa shape index (κ2) is 6.02. The van der Waals surface area contributed by atoms with Gasteiger partial charge in [0.25, 0.3) is 0 Å². The molecule has 1 atom stereocenters. The Morgan fingerprint density at radius 2 is 1.72 bits per heavy atom. The fourth-order valence-electron chi connectivity index (χ4n) is 1.73. The van der Waals surface area contributed by atoms with Crippen LogP contribution in [0.2, 0.25) is 0 Å². The zero-order chi connectivity index (χ0) is 13.7. The smallest absolute Gasteiger partial charge is 0.236 e. The number of aliphatic hydroxyl groups is 1. The number of hydrogen-bond acceptors (Lipinski definition) is 4. The van der Waals surface area contributed by atoms with Crippen LogP contribution >= 0.6 is 0 Å². The Morgan fingerprint density at radius 3 is 2.17 bits per heavy atom. The summed E-state index contributed by atoms with van der Waals surface area (Å²) in [6, 6.07) is 6.93. The largest absolute Gasteiger partial charge is 0.389 e. The number of carbonyl (C=O) groups excluding carboxylic acids is 2. The van der Waals surface area contributed by atoms with E-state index < -0.39 is 17.9 Å². The van der Waals surface area contributed by atoms with Crippen LogP contribution in [0, 0.1) is 0 Å². The molecule has 0 unspecified atom stereocenters. The number of nitrogens with two attached hydrogens (primary N) is 2. The van der Waals surface area contributed by atoms with Crippen molar-refractivity contribution in [1.29, 1.82) is 0 Å². The maximum atomic E-state index is 11.0. The molecule has 2 amide bonds. The Hall–Kier alpha value is -2.08. The molecule has 0 radical (unpaired) electrons. The third-order valence-corrected chi connectivity index (χ3v) is 2.42. The monoisotopic (exact) mass is 251 g/mol. The molecule has 0 saturated carbocycles. The Morgan fingerprint density at radius 1 is 1.22 bits per heavy atom. The molecule has 0 heterocycles. The average molecular weight is 251 g/mol. The molecule has 1 aromatic rings. The summed E-state index contributed by atoms with van der Waals surface area (Å²) in [4.78, 5) is 23.5. The molecule has 0 aromatic heterocycles. The van der Waals surface area contributed by atoms with E-state index in [9.17, 15) is 14.7 Å². The maximum absolute atomic E-state index is 11.0. The van der Waals surface area contributed by atoms with E-state index in [1.165, 1.54) is 4.90 Å². The Bertz CT molecular complexity index is 430. The molecule has 0 fully saturated rings. The number of para-hydroxylation sites is 1. The summed E-state index contributed by atoms with van der Waals surface area (Å²) in [6.07, 6.45) is -0.718. The van der Waals surface area contributed by atoms with E-state index in [0.717, 1.165) is 0 Å². The van der Waals surface area contributed by atoms with Crippen molar-refractivity contribution in [3.8, 4) is 0 Å². The van der Waals surface area contributed by atoms with E-state index in [4.69, 9.17) is 11.5 Å². The molecule has 0 bridgehead atoms. The third-order valence-electron chi connectivity index (χ3n) is 2.42. The van der Waals surface area contributed by atoms with Gasteiger partial charge in [0.05, 0.1) is 19.2 Å². The van der Waals surface area contributed by atoms with Crippen LogP contribution in [0.1, 0.15) is 18.6 Å². The summed E-state index contributed by atoms with van der Waals surface area (Å²) in [5.74, 6) is -1.15. The van der Waals surface area contributed by atoms with E-state index in [1.54, 1.807) is 31.2 Å². The van der Waals surface area contributed by atoms with Gasteiger partial charge in [-0.05, 0) is 13.0 Å². The van der Waals surface area contributed by atoms with Gasteiger partial charge in [0.2, 0.25) is 11.8 Å². The van der Waals surface area contributed by atoms with Crippen molar-refractivity contribution in [3.05, 3.63) is 29.8 Å². The van der Waals surface area contributed by atoms with Crippen LogP contribution in [0.4, 0.5) is 5.69 Å². The first kappa shape index (κ1) is 14.0. The van der Waals surface area contributed by atoms with Gasteiger partial charge in [-0.15, -0.1) is 0 Å². The highest BCUT2D eigenvalue weighted by Crippen LogP contribution is 2.25. The van der Waals surface area contributed by atoms with E-state index >= 15 is 0 Å². The van der Waals surface area contributed by atoms with Crippen molar-refractivity contribution >= 4 is 17.5 Å². The average Bonchev–Trinajstić information content (AvgIpc) is 2.26. The molecule has 0 spiro atoms. The van der Waals surface area contributed by atoms with E-state index in [2.05, 4.69) is 0 Å². The summed E-state index contributed by atoms with van der Waals surface area (Å²) in [5, 5.41) is 9.66. The van der Waals surface area contributed by atoms with Gasteiger partial charge in [-0.2, -0.15) is 0 Å². The van der Waals surface area contributed by atoms with Crippen molar-refractivity contribution in [3.63, 3.8) is 0 Å². The van der Waals surface area contributed by atoms with Gasteiger partial charge in [0, 0.05) is 11.3 Å². The van der Waals surface area contributed by atoms with E-state index in [1.807, 2.05) is 0 Å². The van der Waals surface area contributed by atoms with Crippen molar-refractivity contribution in [2.24, 2.45) is 11.5 Å². The minimum atomic E-state index is -0.718. The van der Waals surface area contributed by atoms with Gasteiger partial charge in [-0.1, -0.05) is 18.2 Å². The molecule has 1 aromatic carbocycles. The zero-order valence-corrected chi connectivity index (χ0v) is 10.2. The van der Waals surface area contributed by atoms with E-state index in [0.29, 0.717) is 11.3 Å². The number of aliphatic hydroxyl groups excluding tert-OH is 1. The molecule has 0 aliphatic carbocycles. The number of amides is 2. The summed E-state index contributed by atoms with van der Waals surface area (Å²) in [5.41, 5.74) is 11.5. The number of anilines is 1. The molecule has 5 N–H and O–H groups in total. The molecule has 6 heteroatoms. The van der Waals surface area contributed by atoms with Crippen LogP contribution in [-0.2, 0) is 9.59 Å². The van der Waals surface area contributed by atoms with Crippen LogP contribution < -0.4 is 16.4 Å². The van der Waals surface area contributed by atoms with Crippen LogP contribution in [0.15, 0.2) is 24.3 Å². The number of carbonyl (C=O) groups is 2. The number of primary amides is 2. The van der Waals surface area contributed by atoms with Gasteiger partial charge >= 0.3 is 0 Å². The minimum Gasteiger partial charge on any atom is -0.389 e. The number of hydrogen-bond donors (Lipinski definition) is 3. The van der Waals surface area contributed by atoms with Gasteiger partial charge in [-0.3, -0.25) is 9.59 Å².